The lowest BCUT2D eigenvalue weighted by Crippen LogP contribution is -2.37. The van der Waals surface area contributed by atoms with Gasteiger partial charge in [0.1, 0.15) is 5.75 Å². The second kappa shape index (κ2) is 5.99. The van der Waals surface area contributed by atoms with Gasteiger partial charge in [0.25, 0.3) is 0 Å². The Bertz CT molecular complexity index is 794. The van der Waals surface area contributed by atoms with Gasteiger partial charge in [0.05, 0.1) is 30.3 Å². The molecule has 1 aromatic carbocycles. The van der Waals surface area contributed by atoms with Crippen molar-refractivity contribution >= 4 is 50.0 Å². The summed E-state index contributed by atoms with van der Waals surface area (Å²) in [4.78, 5) is 17.3. The molecule has 23 heavy (non-hydrogen) atoms. The molecule has 124 valence electrons. The summed E-state index contributed by atoms with van der Waals surface area (Å²) in [6, 6.07) is 4.82. The van der Waals surface area contributed by atoms with E-state index in [9.17, 15) is 13.2 Å². The van der Waals surface area contributed by atoms with Crippen LogP contribution in [0.3, 0.4) is 0 Å². The summed E-state index contributed by atoms with van der Waals surface area (Å²) < 4.78 is 29.3. The molecule has 0 N–H and O–H groups in total. The molecule has 0 bridgehead atoms. The number of ether oxygens (including phenoxy) is 1. The molecule has 0 radical (unpaired) electrons. The molecular weight excluding hydrogens is 360 g/mol. The number of nitrogens with zero attached hydrogens (tertiary/aromatic N) is 2. The van der Waals surface area contributed by atoms with Crippen LogP contribution in [-0.2, 0) is 14.6 Å². The first-order valence-corrected chi connectivity index (χ1v) is 9.98. The van der Waals surface area contributed by atoms with E-state index in [0.717, 1.165) is 0 Å². The summed E-state index contributed by atoms with van der Waals surface area (Å²) >= 11 is 7.41. The lowest BCUT2D eigenvalue weighted by Gasteiger charge is -2.26. The summed E-state index contributed by atoms with van der Waals surface area (Å²) in [5.74, 6) is 0.327. The Morgan fingerprint density at radius 3 is 2.83 bits per heavy atom. The Morgan fingerprint density at radius 1 is 1.43 bits per heavy atom. The number of carbonyl (C=O) groups excluding carboxylic acids is 1. The van der Waals surface area contributed by atoms with Crippen LogP contribution >= 0.6 is 23.4 Å². The van der Waals surface area contributed by atoms with Crippen molar-refractivity contribution in [3.63, 3.8) is 0 Å². The van der Waals surface area contributed by atoms with Crippen molar-refractivity contribution < 1.29 is 17.9 Å². The molecule has 0 unspecified atom stereocenters. The molecule has 0 spiro atoms. The van der Waals surface area contributed by atoms with Gasteiger partial charge in [0.15, 0.2) is 15.0 Å². The number of methoxy groups -OCH3 is 1. The zero-order valence-electron chi connectivity index (χ0n) is 12.5. The van der Waals surface area contributed by atoms with Gasteiger partial charge in [-0.2, -0.15) is 4.99 Å². The van der Waals surface area contributed by atoms with E-state index >= 15 is 0 Å². The number of fused-ring (bicyclic) bond motifs is 1. The highest BCUT2D eigenvalue weighted by Gasteiger charge is 2.50. The van der Waals surface area contributed by atoms with E-state index in [1.54, 1.807) is 23.1 Å². The molecule has 9 heteroatoms. The normalized spacial score (nSPS) is 27.3. The number of aliphatic imine (C=N–C) groups is 1. The fourth-order valence-electron chi connectivity index (χ4n) is 2.83. The number of rotatable bonds is 2. The number of hydrogen-bond donors (Lipinski definition) is 0. The minimum absolute atomic E-state index is 0.0251. The number of halogens is 1. The molecule has 2 aliphatic rings. The number of amidine groups is 1. The number of anilines is 1. The van der Waals surface area contributed by atoms with Crippen LogP contribution in [0, 0.1) is 0 Å². The van der Waals surface area contributed by atoms with Crippen LogP contribution in [-0.4, -0.2) is 49.4 Å². The van der Waals surface area contributed by atoms with Gasteiger partial charge in [-0.05, 0) is 18.2 Å². The highest BCUT2D eigenvalue weighted by molar-refractivity contribution is 8.16. The zero-order chi connectivity index (χ0) is 16.8. The second-order valence-corrected chi connectivity index (χ2v) is 9.20. The molecule has 2 atom stereocenters. The molecule has 0 aliphatic carbocycles. The van der Waals surface area contributed by atoms with E-state index < -0.39 is 9.84 Å². The van der Waals surface area contributed by atoms with Crippen molar-refractivity contribution in [3.8, 4) is 5.75 Å². The second-order valence-electron chi connectivity index (χ2n) is 5.40. The maximum atomic E-state index is 12.0. The monoisotopic (exact) mass is 374 g/mol. The van der Waals surface area contributed by atoms with E-state index in [2.05, 4.69) is 4.99 Å². The zero-order valence-corrected chi connectivity index (χ0v) is 14.9. The van der Waals surface area contributed by atoms with Gasteiger partial charge in [0.2, 0.25) is 5.91 Å². The Morgan fingerprint density at radius 2 is 2.17 bits per heavy atom. The molecule has 2 aliphatic heterocycles. The van der Waals surface area contributed by atoms with E-state index in [1.807, 2.05) is 0 Å². The van der Waals surface area contributed by atoms with Crippen LogP contribution in [0.25, 0.3) is 0 Å². The number of carbonyl (C=O) groups is 1. The van der Waals surface area contributed by atoms with Crippen molar-refractivity contribution in [1.82, 2.24) is 0 Å². The Balaban J connectivity index is 2.12. The fourth-order valence-corrected chi connectivity index (χ4v) is 6.95. The van der Waals surface area contributed by atoms with Gasteiger partial charge in [-0.25, -0.2) is 8.42 Å². The van der Waals surface area contributed by atoms with E-state index in [1.165, 1.54) is 25.8 Å². The molecule has 0 aromatic heterocycles. The molecule has 6 nitrogen and oxygen atoms in total. The number of thioether (sulfide) groups is 1. The minimum atomic E-state index is -3.10. The number of amides is 1. The summed E-state index contributed by atoms with van der Waals surface area (Å²) in [6.45, 7) is 1.37. The molecule has 2 fully saturated rings. The molecule has 2 saturated heterocycles. The number of benzene rings is 1. The van der Waals surface area contributed by atoms with Crippen molar-refractivity contribution in [3.05, 3.63) is 23.2 Å². The first-order valence-electron chi connectivity index (χ1n) is 6.90. The van der Waals surface area contributed by atoms with E-state index in [0.29, 0.717) is 21.6 Å². The summed E-state index contributed by atoms with van der Waals surface area (Å²) in [5, 5.41) is 0.835. The summed E-state index contributed by atoms with van der Waals surface area (Å²) in [5.41, 5.74) is 0.622. The highest BCUT2D eigenvalue weighted by atomic mass is 35.5. The quantitative estimate of drug-likeness (QED) is 0.787. The average molecular weight is 375 g/mol. The molecule has 1 amide bonds. The Kier molecular flexibility index (Phi) is 4.33. The van der Waals surface area contributed by atoms with Crippen molar-refractivity contribution in [1.29, 1.82) is 0 Å². The third-order valence-electron chi connectivity index (χ3n) is 3.72. The third kappa shape index (κ3) is 3.20. The topological polar surface area (TPSA) is 76.0 Å². The van der Waals surface area contributed by atoms with E-state index in [-0.39, 0.29) is 28.7 Å². The molecule has 3 rings (SSSR count). The summed E-state index contributed by atoms with van der Waals surface area (Å²) in [7, 11) is -1.58. The molecule has 0 saturated carbocycles. The predicted molar refractivity (Wildman–Crippen MR) is 92.4 cm³/mol. The smallest absolute Gasteiger partial charge is 0.244 e. The Labute approximate surface area is 143 Å². The molecule has 2 heterocycles. The van der Waals surface area contributed by atoms with E-state index in [4.69, 9.17) is 16.3 Å². The summed E-state index contributed by atoms with van der Waals surface area (Å²) in [6.07, 6.45) is 0. The predicted octanol–water partition coefficient (Wildman–Crippen LogP) is 1.97. The van der Waals surface area contributed by atoms with Crippen LogP contribution in [0.1, 0.15) is 6.92 Å². The number of hydrogen-bond acceptors (Lipinski definition) is 5. The van der Waals surface area contributed by atoms with Gasteiger partial charge in [-0.1, -0.05) is 23.4 Å². The number of sulfone groups is 1. The fraction of sp³-hybridized carbons (Fsp3) is 0.429. The van der Waals surface area contributed by atoms with Crippen LogP contribution in [0.2, 0.25) is 5.02 Å². The maximum Gasteiger partial charge on any atom is 0.244 e. The van der Waals surface area contributed by atoms with Crippen molar-refractivity contribution in [2.45, 2.75) is 18.2 Å². The lowest BCUT2D eigenvalue weighted by molar-refractivity contribution is -0.115. The minimum Gasteiger partial charge on any atom is -0.495 e. The largest absolute Gasteiger partial charge is 0.495 e. The van der Waals surface area contributed by atoms with Crippen molar-refractivity contribution in [2.24, 2.45) is 4.99 Å². The Hall–Kier alpha value is -1.25. The van der Waals surface area contributed by atoms with Crippen molar-refractivity contribution in [2.75, 3.05) is 23.5 Å². The molecular formula is C14H15ClN2O4S2. The average Bonchev–Trinajstić information content (AvgIpc) is 2.88. The standard InChI is InChI=1S/C14H15ClN2O4S2/c1-8(18)16-14-17(10-5-9(15)3-4-12(10)21-2)11-6-23(19,20)7-13(11)22-14/h3-5,11,13H,6-7H2,1-2H3/t11-,13+/m0/s1. The third-order valence-corrected chi connectivity index (χ3v) is 7.16. The van der Waals surface area contributed by atoms with Crippen LogP contribution < -0.4 is 9.64 Å². The SMILES string of the molecule is COc1ccc(Cl)cc1N1C(=NC(C)=O)S[C@@H]2CS(=O)(=O)C[C@@H]21. The highest BCUT2D eigenvalue weighted by Crippen LogP contribution is 2.44. The lowest BCUT2D eigenvalue weighted by atomic mass is 10.2. The first kappa shape index (κ1) is 16.6. The van der Waals surface area contributed by atoms with Gasteiger partial charge in [-0.15, -0.1) is 0 Å². The van der Waals surface area contributed by atoms with Gasteiger partial charge < -0.3 is 9.64 Å². The first-order chi connectivity index (χ1) is 10.8. The van der Waals surface area contributed by atoms with Gasteiger partial charge >= 0.3 is 0 Å². The van der Waals surface area contributed by atoms with Gasteiger partial charge in [0, 0.05) is 17.2 Å². The van der Waals surface area contributed by atoms with Crippen LogP contribution in [0.4, 0.5) is 5.69 Å². The maximum absolute atomic E-state index is 12.0. The molecule has 1 aromatic rings. The van der Waals surface area contributed by atoms with Crippen LogP contribution in [0.5, 0.6) is 5.75 Å². The van der Waals surface area contributed by atoms with Crippen LogP contribution in [0.15, 0.2) is 23.2 Å². The van der Waals surface area contributed by atoms with Gasteiger partial charge in [-0.3, -0.25) is 4.79 Å².